The van der Waals surface area contributed by atoms with Crippen molar-refractivity contribution in [3.8, 4) is 0 Å². The molecule has 2 nitrogen and oxygen atoms in total. The van der Waals surface area contributed by atoms with Crippen molar-refractivity contribution in [2.45, 2.75) is 58.8 Å². The summed E-state index contributed by atoms with van der Waals surface area (Å²) in [6, 6.07) is 0. The smallest absolute Gasteiger partial charge is 0.119 e. The average molecular weight is 268 g/mol. The fraction of sp³-hybridized carbons (Fsp3) is 0.692. The molecular formula is C13H20N2S2. The Labute approximate surface area is 111 Å². The van der Waals surface area contributed by atoms with Crippen molar-refractivity contribution >= 4 is 34.1 Å². The first-order valence-electron chi connectivity index (χ1n) is 6.03. The second kappa shape index (κ2) is 4.02. The molecule has 0 amide bonds. The predicted molar refractivity (Wildman–Crippen MR) is 77.9 cm³/mol. The fourth-order valence-corrected chi connectivity index (χ4v) is 3.90. The summed E-state index contributed by atoms with van der Waals surface area (Å²) in [4.78, 5) is 2.77. The van der Waals surface area contributed by atoms with Crippen molar-refractivity contribution in [1.29, 1.82) is 0 Å². The van der Waals surface area contributed by atoms with E-state index in [1.807, 2.05) is 11.3 Å². The minimum absolute atomic E-state index is 0.154. The van der Waals surface area contributed by atoms with Gasteiger partial charge in [0.05, 0.1) is 11.4 Å². The lowest BCUT2D eigenvalue weighted by Gasteiger charge is -2.21. The van der Waals surface area contributed by atoms with Crippen LogP contribution in [-0.2, 0) is 22.2 Å². The predicted octanol–water partition coefficient (Wildman–Crippen LogP) is 5.46. The van der Waals surface area contributed by atoms with Gasteiger partial charge in [-0.3, -0.25) is 0 Å². The molecule has 94 valence electrons. The van der Waals surface area contributed by atoms with E-state index in [4.69, 9.17) is 0 Å². The largest absolute Gasteiger partial charge is 0.172 e. The van der Waals surface area contributed by atoms with Crippen LogP contribution in [0.1, 0.15) is 57.7 Å². The molecule has 0 bridgehead atoms. The molecule has 0 N–H and O–H groups in total. The summed E-state index contributed by atoms with van der Waals surface area (Å²) in [6.07, 6.45) is 1.13. The van der Waals surface area contributed by atoms with E-state index in [0.29, 0.717) is 0 Å². The Kier molecular flexibility index (Phi) is 3.07. The molecule has 0 atom stereocenters. The third-order valence-electron chi connectivity index (χ3n) is 3.30. The SMILES string of the molecule is CCC(C)(C)c1sc(C(C)(C)C)c2c1N=S=N2. The topological polar surface area (TPSA) is 24.7 Å². The molecule has 1 aromatic rings. The van der Waals surface area contributed by atoms with Gasteiger partial charge in [0.15, 0.2) is 0 Å². The van der Waals surface area contributed by atoms with Crippen LogP contribution in [0.4, 0.5) is 11.4 Å². The van der Waals surface area contributed by atoms with Crippen LogP contribution in [0, 0.1) is 0 Å². The van der Waals surface area contributed by atoms with Crippen LogP contribution in [0.5, 0.6) is 0 Å². The van der Waals surface area contributed by atoms with Crippen LogP contribution in [0.3, 0.4) is 0 Å². The molecule has 0 spiro atoms. The summed E-state index contributed by atoms with van der Waals surface area (Å²) in [5.41, 5.74) is 2.61. The second-order valence-corrected chi connectivity index (χ2v) is 7.76. The van der Waals surface area contributed by atoms with Crippen LogP contribution in [0.15, 0.2) is 8.73 Å². The first-order valence-corrected chi connectivity index (χ1v) is 7.58. The van der Waals surface area contributed by atoms with Gasteiger partial charge in [0, 0.05) is 15.2 Å². The van der Waals surface area contributed by atoms with E-state index in [2.05, 4.69) is 50.3 Å². The summed E-state index contributed by atoms with van der Waals surface area (Å²) < 4.78 is 9.00. The zero-order chi connectivity index (χ0) is 12.8. The highest BCUT2D eigenvalue weighted by atomic mass is 32.1. The highest BCUT2D eigenvalue weighted by Crippen LogP contribution is 2.53. The van der Waals surface area contributed by atoms with Crippen molar-refractivity contribution in [3.05, 3.63) is 9.75 Å². The van der Waals surface area contributed by atoms with Gasteiger partial charge in [0.25, 0.3) is 0 Å². The Morgan fingerprint density at radius 1 is 0.941 bits per heavy atom. The van der Waals surface area contributed by atoms with Crippen molar-refractivity contribution in [3.63, 3.8) is 0 Å². The van der Waals surface area contributed by atoms with E-state index in [0.717, 1.165) is 17.8 Å². The molecule has 2 heterocycles. The summed E-state index contributed by atoms with van der Waals surface area (Å²) in [5, 5.41) is 0. The van der Waals surface area contributed by atoms with Gasteiger partial charge in [-0.2, -0.15) is 8.73 Å². The Bertz CT molecular complexity index is 512. The lowest BCUT2D eigenvalue weighted by molar-refractivity contribution is 0.518. The summed E-state index contributed by atoms with van der Waals surface area (Å²) in [5.74, 6) is 0. The lowest BCUT2D eigenvalue weighted by Crippen LogP contribution is -2.13. The number of nitrogens with zero attached hydrogens (tertiary/aromatic N) is 2. The zero-order valence-corrected chi connectivity index (χ0v) is 13.1. The number of hydrogen-bond acceptors (Lipinski definition) is 3. The summed E-state index contributed by atoms with van der Waals surface area (Å²) in [7, 11) is 0. The third-order valence-corrected chi connectivity index (χ3v) is 5.79. The van der Waals surface area contributed by atoms with Gasteiger partial charge in [-0.05, 0) is 11.8 Å². The van der Waals surface area contributed by atoms with Gasteiger partial charge in [-0.25, -0.2) is 0 Å². The molecule has 17 heavy (non-hydrogen) atoms. The van der Waals surface area contributed by atoms with Crippen LogP contribution in [0.25, 0.3) is 0 Å². The van der Waals surface area contributed by atoms with E-state index in [1.54, 1.807) is 0 Å². The maximum absolute atomic E-state index is 4.51. The molecular weight excluding hydrogens is 248 g/mol. The second-order valence-electron chi connectivity index (χ2n) is 6.21. The van der Waals surface area contributed by atoms with Gasteiger partial charge in [0.2, 0.25) is 0 Å². The van der Waals surface area contributed by atoms with E-state index >= 15 is 0 Å². The molecule has 2 rings (SSSR count). The maximum atomic E-state index is 4.51. The van der Waals surface area contributed by atoms with E-state index in [9.17, 15) is 0 Å². The van der Waals surface area contributed by atoms with Gasteiger partial charge in [-0.15, -0.1) is 11.3 Å². The van der Waals surface area contributed by atoms with Crippen molar-refractivity contribution in [1.82, 2.24) is 0 Å². The Hall–Kier alpha value is -0.480. The number of rotatable bonds is 2. The van der Waals surface area contributed by atoms with Crippen molar-refractivity contribution in [2.24, 2.45) is 8.73 Å². The van der Waals surface area contributed by atoms with Gasteiger partial charge in [-0.1, -0.05) is 41.5 Å². The summed E-state index contributed by atoms with van der Waals surface area (Å²) in [6.45, 7) is 13.6. The van der Waals surface area contributed by atoms with E-state index in [-0.39, 0.29) is 10.8 Å². The highest BCUT2D eigenvalue weighted by Gasteiger charge is 2.33. The molecule has 1 aliphatic rings. The fourth-order valence-electron chi connectivity index (χ4n) is 1.81. The van der Waals surface area contributed by atoms with E-state index in [1.165, 1.54) is 21.1 Å². The minimum atomic E-state index is 0.154. The standard InChI is InChI=1S/C13H20N2S2/c1-7-13(5,6)11-9-8(14-17-15-9)10(16-11)12(2,3)4/h7H2,1-6H3. The number of thiophene rings is 1. The Morgan fingerprint density at radius 3 is 1.94 bits per heavy atom. The van der Waals surface area contributed by atoms with Crippen LogP contribution in [-0.4, -0.2) is 0 Å². The van der Waals surface area contributed by atoms with Crippen molar-refractivity contribution in [2.75, 3.05) is 0 Å². The summed E-state index contributed by atoms with van der Waals surface area (Å²) >= 11 is 3.24. The van der Waals surface area contributed by atoms with E-state index < -0.39 is 0 Å². The third kappa shape index (κ3) is 2.13. The van der Waals surface area contributed by atoms with Crippen LogP contribution < -0.4 is 0 Å². The molecule has 0 radical (unpaired) electrons. The monoisotopic (exact) mass is 268 g/mol. The normalized spacial score (nSPS) is 14.9. The molecule has 1 aromatic heterocycles. The molecule has 0 aromatic carbocycles. The molecule has 0 unspecified atom stereocenters. The number of hydrogen-bond donors (Lipinski definition) is 0. The van der Waals surface area contributed by atoms with Crippen LogP contribution in [0.2, 0.25) is 0 Å². The lowest BCUT2D eigenvalue weighted by atomic mass is 9.87. The number of fused-ring (bicyclic) bond motifs is 1. The minimum Gasteiger partial charge on any atom is -0.172 e. The zero-order valence-electron chi connectivity index (χ0n) is 11.4. The molecule has 0 saturated heterocycles. The quantitative estimate of drug-likeness (QED) is 0.691. The molecule has 0 aliphatic carbocycles. The molecule has 1 aliphatic heterocycles. The molecule has 0 fully saturated rings. The van der Waals surface area contributed by atoms with Crippen LogP contribution >= 0.6 is 11.3 Å². The first-order chi connectivity index (χ1) is 7.77. The Morgan fingerprint density at radius 2 is 1.47 bits per heavy atom. The molecule has 4 heteroatoms. The van der Waals surface area contributed by atoms with Crippen molar-refractivity contribution < 1.29 is 0 Å². The Balaban J connectivity index is 2.63. The maximum Gasteiger partial charge on any atom is 0.119 e. The highest BCUT2D eigenvalue weighted by molar-refractivity contribution is 7.58. The first kappa shape index (κ1) is 13.0. The van der Waals surface area contributed by atoms with Gasteiger partial charge >= 0.3 is 0 Å². The molecule has 0 saturated carbocycles. The van der Waals surface area contributed by atoms with Gasteiger partial charge in [0.1, 0.15) is 11.4 Å². The van der Waals surface area contributed by atoms with Gasteiger partial charge < -0.3 is 0 Å². The average Bonchev–Trinajstić information content (AvgIpc) is 2.74.